The summed E-state index contributed by atoms with van der Waals surface area (Å²) in [4.78, 5) is 2.45. The molecule has 0 unspecified atom stereocenters. The number of hydrogen-bond donors (Lipinski definition) is 2. The number of nitrogens with zero attached hydrogens (tertiary/aromatic N) is 3. The van der Waals surface area contributed by atoms with Crippen LogP contribution in [0.1, 0.15) is 37.4 Å². The first-order chi connectivity index (χ1) is 10.7. The van der Waals surface area contributed by atoms with E-state index in [2.05, 4.69) is 28.1 Å². The number of piperidine rings is 3. The van der Waals surface area contributed by atoms with Gasteiger partial charge in [-0.05, 0) is 38.3 Å². The molecule has 3 fully saturated rings. The van der Waals surface area contributed by atoms with Crippen LogP contribution in [0.15, 0.2) is 11.5 Å². The first kappa shape index (κ1) is 13.6. The van der Waals surface area contributed by atoms with Gasteiger partial charge in [0, 0.05) is 12.2 Å². The molecule has 3 saturated heterocycles. The van der Waals surface area contributed by atoms with Gasteiger partial charge in [0.1, 0.15) is 11.6 Å². The monoisotopic (exact) mass is 299 g/mol. The van der Waals surface area contributed by atoms with Crippen LogP contribution in [0, 0.1) is 17.2 Å². The minimum absolute atomic E-state index is 0.235. The highest BCUT2D eigenvalue weighted by atomic mass is 16.5. The maximum absolute atomic E-state index is 9.77. The van der Waals surface area contributed by atoms with Gasteiger partial charge >= 0.3 is 0 Å². The van der Waals surface area contributed by atoms with E-state index in [9.17, 15) is 5.26 Å². The van der Waals surface area contributed by atoms with Crippen LogP contribution in [-0.4, -0.2) is 34.7 Å². The second kappa shape index (κ2) is 4.75. The summed E-state index contributed by atoms with van der Waals surface area (Å²) in [6, 6.07) is 2.36. The van der Waals surface area contributed by atoms with Crippen LogP contribution in [0.25, 0.3) is 0 Å². The van der Waals surface area contributed by atoms with Crippen LogP contribution in [0.3, 0.4) is 0 Å². The van der Waals surface area contributed by atoms with Crippen LogP contribution in [0.2, 0.25) is 0 Å². The highest BCUT2D eigenvalue weighted by Gasteiger charge is 2.56. The fourth-order valence-corrected chi connectivity index (χ4v) is 4.61. The Morgan fingerprint density at radius 3 is 2.86 bits per heavy atom. The van der Waals surface area contributed by atoms with Crippen molar-refractivity contribution in [2.24, 2.45) is 11.7 Å². The summed E-state index contributed by atoms with van der Waals surface area (Å²) in [7, 11) is 0. The van der Waals surface area contributed by atoms with Crippen LogP contribution in [0.5, 0.6) is 5.88 Å². The van der Waals surface area contributed by atoms with Crippen molar-refractivity contribution in [2.75, 3.05) is 19.6 Å². The van der Waals surface area contributed by atoms with Gasteiger partial charge in [0.2, 0.25) is 11.8 Å². The van der Waals surface area contributed by atoms with E-state index < -0.39 is 0 Å². The molecule has 0 aromatic carbocycles. The molecule has 1 aromatic rings. The molecule has 1 aromatic heterocycles. The van der Waals surface area contributed by atoms with Gasteiger partial charge in [0.05, 0.1) is 11.0 Å². The molecule has 22 heavy (non-hydrogen) atoms. The first-order valence-electron chi connectivity index (χ1n) is 8.09. The van der Waals surface area contributed by atoms with E-state index in [-0.39, 0.29) is 11.3 Å². The Bertz CT molecular complexity index is 677. The average Bonchev–Trinajstić information content (AvgIpc) is 2.92. The summed E-state index contributed by atoms with van der Waals surface area (Å²) in [6.07, 6.45) is 4.16. The van der Waals surface area contributed by atoms with Crippen molar-refractivity contribution in [3.05, 3.63) is 22.7 Å². The molecule has 3 N–H and O–H groups in total. The fourth-order valence-electron chi connectivity index (χ4n) is 4.61. The lowest BCUT2D eigenvalue weighted by Crippen LogP contribution is -2.59. The zero-order valence-electron chi connectivity index (χ0n) is 12.9. The molecule has 0 aliphatic carbocycles. The SMILES string of the molecule is CCCc1[nH]nc2c1[C@]1(CN3CCC1CC3)C(C#N)=C(N)O2. The number of rotatable bonds is 2. The summed E-state index contributed by atoms with van der Waals surface area (Å²) < 4.78 is 5.67. The third-order valence-electron chi connectivity index (χ3n) is 5.52. The predicted octanol–water partition coefficient (Wildman–Crippen LogP) is 1.41. The highest BCUT2D eigenvalue weighted by molar-refractivity contribution is 5.56. The molecule has 6 nitrogen and oxygen atoms in total. The molecule has 2 bridgehead atoms. The smallest absolute Gasteiger partial charge is 0.244 e. The topological polar surface area (TPSA) is 91.0 Å². The number of hydrogen-bond acceptors (Lipinski definition) is 5. The molecule has 0 amide bonds. The third kappa shape index (κ3) is 1.60. The lowest BCUT2D eigenvalue weighted by Gasteiger charge is -2.54. The van der Waals surface area contributed by atoms with Crippen molar-refractivity contribution < 1.29 is 4.74 Å². The van der Waals surface area contributed by atoms with Crippen molar-refractivity contribution in [1.29, 1.82) is 5.26 Å². The number of H-pyrrole nitrogens is 1. The van der Waals surface area contributed by atoms with Gasteiger partial charge in [-0.3, -0.25) is 5.10 Å². The summed E-state index contributed by atoms with van der Waals surface area (Å²) in [6.45, 7) is 5.23. The van der Waals surface area contributed by atoms with Gasteiger partial charge in [0.25, 0.3) is 0 Å². The summed E-state index contributed by atoms with van der Waals surface area (Å²) in [5, 5.41) is 17.2. The Morgan fingerprint density at radius 1 is 1.50 bits per heavy atom. The van der Waals surface area contributed by atoms with Crippen LogP contribution < -0.4 is 10.5 Å². The largest absolute Gasteiger partial charge is 0.420 e. The molecule has 5 heterocycles. The van der Waals surface area contributed by atoms with Gasteiger partial charge in [-0.15, -0.1) is 5.10 Å². The number of ether oxygens (including phenoxy) is 1. The maximum Gasteiger partial charge on any atom is 0.244 e. The minimum Gasteiger partial charge on any atom is -0.420 e. The molecule has 4 aliphatic heterocycles. The molecule has 6 heteroatoms. The number of nitriles is 1. The summed E-state index contributed by atoms with van der Waals surface area (Å²) >= 11 is 0. The molecule has 5 rings (SSSR count). The third-order valence-corrected chi connectivity index (χ3v) is 5.52. The number of fused-ring (bicyclic) bond motifs is 3. The van der Waals surface area contributed by atoms with Gasteiger partial charge < -0.3 is 15.4 Å². The molecule has 0 saturated carbocycles. The second-order valence-electron chi connectivity index (χ2n) is 6.61. The Kier molecular flexibility index (Phi) is 2.95. The lowest BCUT2D eigenvalue weighted by molar-refractivity contribution is 0.0383. The summed E-state index contributed by atoms with van der Waals surface area (Å²) in [5.74, 6) is 1.26. The van der Waals surface area contributed by atoms with Gasteiger partial charge in [-0.25, -0.2) is 0 Å². The standard InChI is InChI=1S/C16H21N5O/c1-2-3-12-13-15(20-19-12)22-14(18)11(8-17)16(13)9-21-6-4-10(16)5-7-21/h10H,2-7,9,18H2,1H3,(H,19,20)/t16-/m0/s1. The van der Waals surface area contributed by atoms with Crippen molar-refractivity contribution in [2.45, 2.75) is 38.0 Å². The molecule has 1 atom stereocenters. The zero-order valence-corrected chi connectivity index (χ0v) is 12.9. The van der Waals surface area contributed by atoms with E-state index in [1.165, 1.54) is 0 Å². The number of aryl methyl sites for hydroxylation is 1. The van der Waals surface area contributed by atoms with Crippen LogP contribution >= 0.6 is 0 Å². The highest BCUT2D eigenvalue weighted by Crippen LogP contribution is 2.54. The Morgan fingerprint density at radius 2 is 2.27 bits per heavy atom. The molecular formula is C16H21N5O. The molecule has 4 aliphatic rings. The maximum atomic E-state index is 9.77. The number of aromatic amines is 1. The van der Waals surface area contributed by atoms with Gasteiger partial charge in [0.15, 0.2) is 0 Å². The average molecular weight is 299 g/mol. The molecule has 1 spiro atoms. The quantitative estimate of drug-likeness (QED) is 0.861. The Hall–Kier alpha value is -2.00. The summed E-state index contributed by atoms with van der Waals surface area (Å²) in [5.41, 5.74) is 8.55. The van der Waals surface area contributed by atoms with E-state index in [4.69, 9.17) is 10.5 Å². The number of nitrogens with one attached hydrogen (secondary N) is 1. The number of aromatic nitrogens is 2. The molecule has 0 radical (unpaired) electrons. The van der Waals surface area contributed by atoms with Crippen molar-refractivity contribution in [1.82, 2.24) is 15.1 Å². The van der Waals surface area contributed by atoms with E-state index in [0.717, 1.165) is 56.6 Å². The predicted molar refractivity (Wildman–Crippen MR) is 80.9 cm³/mol. The van der Waals surface area contributed by atoms with Crippen molar-refractivity contribution in [3.8, 4) is 11.9 Å². The normalized spacial score (nSPS) is 32.7. The molecular weight excluding hydrogens is 278 g/mol. The number of nitrogens with two attached hydrogens (primary N) is 1. The second-order valence-corrected chi connectivity index (χ2v) is 6.61. The van der Waals surface area contributed by atoms with E-state index in [0.29, 0.717) is 17.4 Å². The van der Waals surface area contributed by atoms with Gasteiger partial charge in [-0.1, -0.05) is 13.3 Å². The fraction of sp³-hybridized carbons (Fsp3) is 0.625. The first-order valence-corrected chi connectivity index (χ1v) is 8.09. The van der Waals surface area contributed by atoms with Crippen LogP contribution in [-0.2, 0) is 11.8 Å². The zero-order chi connectivity index (χ0) is 15.3. The van der Waals surface area contributed by atoms with Gasteiger partial charge in [-0.2, -0.15) is 5.26 Å². The van der Waals surface area contributed by atoms with Crippen molar-refractivity contribution in [3.63, 3.8) is 0 Å². The van der Waals surface area contributed by atoms with Crippen molar-refractivity contribution >= 4 is 0 Å². The van der Waals surface area contributed by atoms with Crippen LogP contribution in [0.4, 0.5) is 0 Å². The minimum atomic E-state index is -0.333. The Balaban J connectivity index is 1.95. The van der Waals surface area contributed by atoms with E-state index >= 15 is 0 Å². The van der Waals surface area contributed by atoms with E-state index in [1.54, 1.807) is 0 Å². The Labute approximate surface area is 129 Å². The molecule has 116 valence electrons. The lowest BCUT2D eigenvalue weighted by atomic mass is 9.58. The van der Waals surface area contributed by atoms with E-state index in [1.807, 2.05) is 0 Å².